The van der Waals surface area contributed by atoms with Gasteiger partial charge in [0.1, 0.15) is 11.9 Å². The first-order valence-corrected chi connectivity index (χ1v) is 20.2. The maximum Gasteiger partial charge on any atom is 0.128 e. The molecule has 9 nitrogen and oxygen atoms in total. The molecule has 3 fully saturated rings. The lowest BCUT2D eigenvalue weighted by Gasteiger charge is -2.40. The van der Waals surface area contributed by atoms with Gasteiger partial charge in [-0.05, 0) is 94.4 Å². The quantitative estimate of drug-likeness (QED) is 0.155. The molecule has 4 N–H and O–H groups in total. The Morgan fingerprint density at radius 1 is 1.13 bits per heavy atom. The highest BCUT2D eigenvalue weighted by Gasteiger charge is 2.30. The van der Waals surface area contributed by atoms with Gasteiger partial charge >= 0.3 is 0 Å². The fourth-order valence-corrected chi connectivity index (χ4v) is 6.73. The molecule has 1 aliphatic carbocycles. The molecule has 55 heavy (non-hydrogen) atoms. The molecule has 6 rings (SSSR count). The van der Waals surface area contributed by atoms with Gasteiger partial charge in [-0.1, -0.05) is 72.9 Å². The number of nitrogens with two attached hydrogens (primary N) is 1. The summed E-state index contributed by atoms with van der Waals surface area (Å²) in [4.78, 5) is 12.0. The SMILES string of the molecule is C=C1CCC(C)C(=C)N1.C=CC1(CC)CCN(c2ccc(-c3cc(/C(C=NC4CCC(=C)CC4)=C/N)cn4ncc(C#N)c34)cn2)CC1.CC.CNC(C)C. The van der Waals surface area contributed by atoms with Gasteiger partial charge in [-0.2, -0.15) is 10.4 Å². The van der Waals surface area contributed by atoms with Crippen molar-refractivity contribution < 1.29 is 0 Å². The summed E-state index contributed by atoms with van der Waals surface area (Å²) in [6.07, 6.45) is 20.7. The highest BCUT2D eigenvalue weighted by atomic mass is 15.2. The molecule has 0 radical (unpaired) electrons. The van der Waals surface area contributed by atoms with Gasteiger partial charge in [-0.25, -0.2) is 9.50 Å². The number of hydrogen-bond donors (Lipinski definition) is 3. The molecule has 1 saturated carbocycles. The number of hydrogen-bond acceptors (Lipinski definition) is 8. The highest BCUT2D eigenvalue weighted by molar-refractivity contribution is 6.10. The highest BCUT2D eigenvalue weighted by Crippen LogP contribution is 2.37. The van der Waals surface area contributed by atoms with Gasteiger partial charge < -0.3 is 21.3 Å². The van der Waals surface area contributed by atoms with E-state index in [2.05, 4.69) is 105 Å². The Kier molecular flexibility index (Phi) is 17.6. The van der Waals surface area contributed by atoms with Crippen molar-refractivity contribution in [3.05, 3.63) is 103 Å². The molecular formula is C46H67N9. The summed E-state index contributed by atoms with van der Waals surface area (Å²) >= 11 is 0. The number of pyridine rings is 2. The first-order chi connectivity index (χ1) is 26.5. The summed E-state index contributed by atoms with van der Waals surface area (Å²) in [6.45, 7) is 30.5. The topological polar surface area (TPSA) is 120 Å². The molecule has 0 amide bonds. The molecule has 3 aromatic heterocycles. The van der Waals surface area contributed by atoms with Crippen molar-refractivity contribution in [2.24, 2.45) is 22.1 Å². The maximum absolute atomic E-state index is 9.77. The fraction of sp³-hybridized carbons (Fsp3) is 0.478. The van der Waals surface area contributed by atoms with Crippen LogP contribution in [0.1, 0.15) is 110 Å². The summed E-state index contributed by atoms with van der Waals surface area (Å²) in [6, 6.07) is 9.42. The predicted octanol–water partition coefficient (Wildman–Crippen LogP) is 9.99. The van der Waals surface area contributed by atoms with E-state index in [1.165, 1.54) is 12.0 Å². The van der Waals surface area contributed by atoms with Gasteiger partial charge in [0.25, 0.3) is 0 Å². The summed E-state index contributed by atoms with van der Waals surface area (Å²) in [5.74, 6) is 1.59. The Morgan fingerprint density at radius 3 is 2.31 bits per heavy atom. The van der Waals surface area contributed by atoms with E-state index in [0.29, 0.717) is 17.5 Å². The van der Waals surface area contributed by atoms with Crippen molar-refractivity contribution >= 4 is 23.1 Å². The van der Waals surface area contributed by atoms with Crippen molar-refractivity contribution in [2.75, 3.05) is 25.0 Å². The van der Waals surface area contributed by atoms with Gasteiger partial charge in [-0.15, -0.1) is 6.58 Å². The van der Waals surface area contributed by atoms with Crippen LogP contribution in [-0.4, -0.2) is 53.0 Å². The van der Waals surface area contributed by atoms with E-state index in [-0.39, 0.29) is 11.5 Å². The van der Waals surface area contributed by atoms with Crippen molar-refractivity contribution in [1.29, 1.82) is 5.26 Å². The largest absolute Gasteiger partial charge is 0.404 e. The number of nitrogens with zero attached hydrogens (tertiary/aromatic N) is 6. The van der Waals surface area contributed by atoms with Gasteiger partial charge in [-0.3, -0.25) is 4.99 Å². The minimum atomic E-state index is 0.237. The zero-order valence-corrected chi connectivity index (χ0v) is 34.8. The van der Waals surface area contributed by atoms with Crippen LogP contribution in [0.15, 0.2) is 97.3 Å². The van der Waals surface area contributed by atoms with Crippen LogP contribution >= 0.6 is 0 Å². The molecule has 1 unspecified atom stereocenters. The maximum atomic E-state index is 9.77. The number of rotatable bonds is 8. The van der Waals surface area contributed by atoms with Crippen LogP contribution in [0.5, 0.6) is 0 Å². The van der Waals surface area contributed by atoms with E-state index in [1.54, 1.807) is 16.9 Å². The molecule has 2 aliphatic heterocycles. The minimum Gasteiger partial charge on any atom is -0.404 e. The third kappa shape index (κ3) is 12.3. The lowest BCUT2D eigenvalue weighted by molar-refractivity contribution is 0.283. The molecular weight excluding hydrogens is 679 g/mol. The molecule has 3 aliphatic rings. The van der Waals surface area contributed by atoms with Crippen LogP contribution in [0.25, 0.3) is 22.2 Å². The van der Waals surface area contributed by atoms with Crippen LogP contribution in [0.3, 0.4) is 0 Å². The summed E-state index contributed by atoms with van der Waals surface area (Å²) < 4.78 is 1.75. The number of aliphatic imine (C=N–C) groups is 1. The van der Waals surface area contributed by atoms with E-state index >= 15 is 0 Å². The van der Waals surface area contributed by atoms with Crippen molar-refractivity contribution in [3.8, 4) is 17.2 Å². The first-order valence-electron chi connectivity index (χ1n) is 20.2. The predicted molar refractivity (Wildman–Crippen MR) is 235 cm³/mol. The van der Waals surface area contributed by atoms with Crippen LogP contribution in [0.2, 0.25) is 0 Å². The average molecular weight is 746 g/mol. The Labute approximate surface area is 331 Å². The molecule has 5 heterocycles. The zero-order chi connectivity index (χ0) is 40.5. The third-order valence-corrected chi connectivity index (χ3v) is 11.0. The Morgan fingerprint density at radius 2 is 1.80 bits per heavy atom. The molecule has 0 spiro atoms. The van der Waals surface area contributed by atoms with Crippen LogP contribution in [0, 0.1) is 22.7 Å². The summed E-state index contributed by atoms with van der Waals surface area (Å²) in [7, 11) is 1.95. The van der Waals surface area contributed by atoms with Gasteiger partial charge in [0, 0.05) is 77.6 Å². The van der Waals surface area contributed by atoms with Gasteiger partial charge in [0.15, 0.2) is 0 Å². The Bertz CT molecular complexity index is 1820. The number of nitriles is 1. The molecule has 296 valence electrons. The molecule has 0 aromatic carbocycles. The fourth-order valence-electron chi connectivity index (χ4n) is 6.73. The third-order valence-electron chi connectivity index (χ3n) is 11.0. The van der Waals surface area contributed by atoms with Crippen molar-refractivity contribution in [3.63, 3.8) is 0 Å². The zero-order valence-electron chi connectivity index (χ0n) is 34.8. The second-order valence-electron chi connectivity index (χ2n) is 14.9. The van der Waals surface area contributed by atoms with Crippen LogP contribution in [0.4, 0.5) is 5.82 Å². The molecule has 2 saturated heterocycles. The second-order valence-corrected chi connectivity index (χ2v) is 14.9. The molecule has 3 aromatic rings. The normalized spacial score (nSPS) is 18.7. The molecule has 1 atom stereocenters. The van der Waals surface area contributed by atoms with Gasteiger partial charge in [0.2, 0.25) is 0 Å². The molecule has 0 bridgehead atoms. The second kappa shape index (κ2) is 21.8. The van der Waals surface area contributed by atoms with Crippen LogP contribution < -0.4 is 21.3 Å². The summed E-state index contributed by atoms with van der Waals surface area (Å²) in [5, 5.41) is 20.4. The number of piperidine rings is 2. The smallest absolute Gasteiger partial charge is 0.128 e. The lowest BCUT2D eigenvalue weighted by atomic mass is 9.76. The van der Waals surface area contributed by atoms with E-state index in [4.69, 9.17) is 15.7 Å². The number of allylic oxidation sites excluding steroid dienone is 5. The van der Waals surface area contributed by atoms with E-state index in [9.17, 15) is 5.26 Å². The van der Waals surface area contributed by atoms with E-state index in [0.717, 1.165) is 109 Å². The molecule has 9 heteroatoms. The Balaban J connectivity index is 0.000000425. The standard InChI is InChI=1S/C32H37N7.C8H13N.C4H11N.C2H6/c1-4-32(5-2)12-14-38(15-13-32)30-11-8-24(19-36-30)29-16-25(22-39-31(29)27(18-34)21-37-39)26(17-33)20-35-28-9-6-23(3)7-10-28;1-6-4-5-7(2)9-8(6)3;1-4(2)5-3;1-2/h4,8,11,16-17,19-22,28H,1,3,5-7,9-10,12-15,33H2,2H3;6,9H,2-5H2,1H3;4-5H,1-3H3;1-2H3/b26-17+,35-20?;;;. The van der Waals surface area contributed by atoms with Crippen LogP contribution in [-0.2, 0) is 0 Å². The van der Waals surface area contributed by atoms with Gasteiger partial charge in [0.05, 0.1) is 23.3 Å². The lowest BCUT2D eigenvalue weighted by Crippen LogP contribution is -2.39. The first kappa shape index (κ1) is 44.5. The number of aromatic nitrogens is 3. The summed E-state index contributed by atoms with van der Waals surface area (Å²) in [5.41, 5.74) is 14.6. The number of fused-ring (bicyclic) bond motifs is 1. The van der Waals surface area contributed by atoms with E-state index in [1.807, 2.05) is 39.5 Å². The average Bonchev–Trinajstić information content (AvgIpc) is 3.64. The van der Waals surface area contributed by atoms with E-state index < -0.39 is 0 Å². The number of nitrogens with one attached hydrogen (secondary N) is 2. The number of anilines is 1. The minimum absolute atomic E-state index is 0.237. The Hall–Kier alpha value is -4.94. The van der Waals surface area contributed by atoms with Crippen molar-refractivity contribution in [1.82, 2.24) is 25.2 Å². The van der Waals surface area contributed by atoms with Crippen molar-refractivity contribution in [2.45, 2.75) is 111 Å². The monoisotopic (exact) mass is 746 g/mol.